The topological polar surface area (TPSA) is 27.7 Å². The van der Waals surface area contributed by atoms with Crippen molar-refractivity contribution in [1.29, 1.82) is 0 Å². The first kappa shape index (κ1) is 20.7. The van der Waals surface area contributed by atoms with Gasteiger partial charge in [-0.15, -0.1) is 0 Å². The third kappa shape index (κ3) is 5.09. The molecule has 2 unspecified atom stereocenters. The Morgan fingerprint density at radius 3 is 2.43 bits per heavy atom. The smallest absolute Gasteiger partial charge is 0.200 e. The lowest BCUT2D eigenvalue weighted by molar-refractivity contribution is -0.174. The van der Waals surface area contributed by atoms with Crippen molar-refractivity contribution in [2.24, 2.45) is 0 Å². The molecular formula is C23H28F2O3. The molecule has 0 bridgehead atoms. The first-order valence-corrected chi connectivity index (χ1v) is 10.0. The normalized spacial score (nSPS) is 19.6. The van der Waals surface area contributed by atoms with Gasteiger partial charge in [-0.25, -0.2) is 4.39 Å². The second-order valence-corrected chi connectivity index (χ2v) is 7.12. The van der Waals surface area contributed by atoms with Crippen molar-refractivity contribution in [1.82, 2.24) is 0 Å². The molecule has 1 fully saturated rings. The number of benzene rings is 2. The van der Waals surface area contributed by atoms with Crippen molar-refractivity contribution < 1.29 is 23.0 Å². The third-order valence-electron chi connectivity index (χ3n) is 5.08. The van der Waals surface area contributed by atoms with E-state index in [1.807, 2.05) is 0 Å². The predicted molar refractivity (Wildman–Crippen MR) is 104 cm³/mol. The Labute approximate surface area is 165 Å². The summed E-state index contributed by atoms with van der Waals surface area (Å²) in [5.74, 6) is -1.63. The molecule has 1 aliphatic rings. The van der Waals surface area contributed by atoms with Gasteiger partial charge in [0.2, 0.25) is 5.82 Å². The third-order valence-corrected chi connectivity index (χ3v) is 5.08. The Balaban J connectivity index is 1.50. The summed E-state index contributed by atoms with van der Waals surface area (Å²) in [6.45, 7) is 4.72. The van der Waals surface area contributed by atoms with Gasteiger partial charge in [0.25, 0.3) is 0 Å². The summed E-state index contributed by atoms with van der Waals surface area (Å²) in [4.78, 5) is 0. The van der Waals surface area contributed by atoms with Crippen molar-refractivity contribution in [3.8, 4) is 5.75 Å². The highest BCUT2D eigenvalue weighted by Crippen LogP contribution is 2.30. The zero-order chi connectivity index (χ0) is 19.9. The molecule has 0 saturated carbocycles. The van der Waals surface area contributed by atoms with Gasteiger partial charge in [0.1, 0.15) is 0 Å². The number of hydrogen-bond donors (Lipinski definition) is 0. The maximum Gasteiger partial charge on any atom is 0.200 e. The summed E-state index contributed by atoms with van der Waals surface area (Å²) >= 11 is 0. The Bertz CT molecular complexity index is 753. The molecule has 0 spiro atoms. The number of halogens is 2. The fourth-order valence-electron chi connectivity index (χ4n) is 3.50. The van der Waals surface area contributed by atoms with E-state index < -0.39 is 17.9 Å². The van der Waals surface area contributed by atoms with Crippen LogP contribution in [-0.2, 0) is 22.5 Å². The van der Waals surface area contributed by atoms with Gasteiger partial charge >= 0.3 is 0 Å². The fourth-order valence-corrected chi connectivity index (χ4v) is 3.50. The highest BCUT2D eigenvalue weighted by molar-refractivity contribution is 5.31. The monoisotopic (exact) mass is 390 g/mol. The van der Waals surface area contributed by atoms with E-state index in [4.69, 9.17) is 14.2 Å². The molecule has 0 aromatic heterocycles. The molecule has 3 rings (SSSR count). The maximum atomic E-state index is 14.1. The number of ether oxygens (including phenoxy) is 3. The number of rotatable bonds is 8. The first-order valence-electron chi connectivity index (χ1n) is 10.0. The maximum absolute atomic E-state index is 14.1. The van der Waals surface area contributed by atoms with Gasteiger partial charge in [-0.05, 0) is 49.4 Å². The summed E-state index contributed by atoms with van der Waals surface area (Å²) < 4.78 is 44.6. The van der Waals surface area contributed by atoms with Gasteiger partial charge in [-0.1, -0.05) is 37.6 Å². The van der Waals surface area contributed by atoms with Crippen molar-refractivity contribution in [2.45, 2.75) is 58.3 Å². The molecule has 0 amide bonds. The molecule has 2 atom stereocenters. The first-order chi connectivity index (χ1) is 13.6. The van der Waals surface area contributed by atoms with Crippen LogP contribution < -0.4 is 4.74 Å². The molecule has 0 radical (unpaired) electrons. The quantitative estimate of drug-likeness (QED) is 0.574. The van der Waals surface area contributed by atoms with Crippen LogP contribution in [0.25, 0.3) is 0 Å². The number of hydrogen-bond acceptors (Lipinski definition) is 3. The SMILES string of the molecule is CCCc1ccc(C2CCC(OCc3ccc(OCC)c(F)c3F)OC2)cc1. The van der Waals surface area contributed by atoms with Gasteiger partial charge in [-0.2, -0.15) is 4.39 Å². The highest BCUT2D eigenvalue weighted by Gasteiger charge is 2.24. The van der Waals surface area contributed by atoms with E-state index in [9.17, 15) is 8.78 Å². The molecule has 2 aromatic rings. The van der Waals surface area contributed by atoms with Crippen LogP contribution in [0.2, 0.25) is 0 Å². The Morgan fingerprint density at radius 1 is 1.00 bits per heavy atom. The lowest BCUT2D eigenvalue weighted by Crippen LogP contribution is -2.27. The van der Waals surface area contributed by atoms with E-state index >= 15 is 0 Å². The fraction of sp³-hybridized carbons (Fsp3) is 0.478. The minimum Gasteiger partial charge on any atom is -0.491 e. The second-order valence-electron chi connectivity index (χ2n) is 7.12. The molecule has 152 valence electrons. The number of aryl methyl sites for hydroxylation is 1. The lowest BCUT2D eigenvalue weighted by Gasteiger charge is -2.29. The van der Waals surface area contributed by atoms with Crippen LogP contribution in [0.1, 0.15) is 55.7 Å². The zero-order valence-electron chi connectivity index (χ0n) is 16.5. The zero-order valence-corrected chi connectivity index (χ0v) is 16.5. The van der Waals surface area contributed by atoms with Crippen LogP contribution in [0.5, 0.6) is 5.75 Å². The van der Waals surface area contributed by atoms with Gasteiger partial charge in [0.15, 0.2) is 17.9 Å². The summed E-state index contributed by atoms with van der Waals surface area (Å²) in [6, 6.07) is 11.7. The van der Waals surface area contributed by atoms with E-state index in [2.05, 4.69) is 31.2 Å². The molecule has 1 heterocycles. The molecule has 1 aliphatic heterocycles. The molecule has 5 heteroatoms. The van der Waals surface area contributed by atoms with Gasteiger partial charge < -0.3 is 14.2 Å². The minimum atomic E-state index is -0.973. The van der Waals surface area contributed by atoms with Crippen LogP contribution in [-0.4, -0.2) is 19.5 Å². The molecule has 3 nitrogen and oxygen atoms in total. The second kappa shape index (κ2) is 9.99. The average Bonchev–Trinajstić information content (AvgIpc) is 2.72. The Morgan fingerprint density at radius 2 is 1.79 bits per heavy atom. The van der Waals surface area contributed by atoms with Crippen LogP contribution in [0.15, 0.2) is 36.4 Å². The minimum absolute atomic E-state index is 0.0315. The van der Waals surface area contributed by atoms with Crippen LogP contribution in [0.3, 0.4) is 0 Å². The summed E-state index contributed by atoms with van der Waals surface area (Å²) in [7, 11) is 0. The molecule has 2 aromatic carbocycles. The molecular weight excluding hydrogens is 362 g/mol. The van der Waals surface area contributed by atoms with Crippen molar-refractivity contribution in [2.75, 3.05) is 13.2 Å². The van der Waals surface area contributed by atoms with Crippen LogP contribution in [0.4, 0.5) is 8.78 Å². The Hall–Kier alpha value is -1.98. The molecule has 1 saturated heterocycles. The van der Waals surface area contributed by atoms with Gasteiger partial charge in [0, 0.05) is 11.5 Å². The standard InChI is InChI=1S/C23H28F2O3/c1-3-5-16-6-8-17(9-7-16)18-11-13-21(27-14-18)28-15-19-10-12-20(26-4-2)23(25)22(19)24/h6-10,12,18,21H,3-5,11,13-15H2,1-2H3. The molecule has 0 aliphatic carbocycles. The summed E-state index contributed by atoms with van der Waals surface area (Å²) in [6.07, 6.45) is 3.51. The van der Waals surface area contributed by atoms with E-state index in [1.165, 1.54) is 23.3 Å². The molecule has 28 heavy (non-hydrogen) atoms. The summed E-state index contributed by atoms with van der Waals surface area (Å²) in [5, 5.41) is 0. The van der Waals surface area contributed by atoms with Crippen LogP contribution in [0, 0.1) is 11.6 Å². The van der Waals surface area contributed by atoms with Crippen molar-refractivity contribution in [3.63, 3.8) is 0 Å². The summed E-state index contributed by atoms with van der Waals surface area (Å²) in [5.41, 5.74) is 2.80. The predicted octanol–water partition coefficient (Wildman–Crippen LogP) is 5.75. The lowest BCUT2D eigenvalue weighted by atomic mass is 9.92. The largest absolute Gasteiger partial charge is 0.491 e. The molecule has 0 N–H and O–H groups in total. The van der Waals surface area contributed by atoms with Crippen LogP contribution >= 0.6 is 0 Å². The van der Waals surface area contributed by atoms with Gasteiger partial charge in [-0.3, -0.25) is 0 Å². The Kier molecular flexibility index (Phi) is 7.40. The van der Waals surface area contributed by atoms with Crippen molar-refractivity contribution in [3.05, 3.63) is 64.7 Å². The van der Waals surface area contributed by atoms with E-state index in [0.717, 1.165) is 25.7 Å². The van der Waals surface area contributed by atoms with E-state index in [1.54, 1.807) is 6.92 Å². The van der Waals surface area contributed by atoms with Gasteiger partial charge in [0.05, 0.1) is 19.8 Å². The average molecular weight is 390 g/mol. The highest BCUT2D eigenvalue weighted by atomic mass is 19.2. The van der Waals surface area contributed by atoms with Crippen molar-refractivity contribution >= 4 is 0 Å². The van der Waals surface area contributed by atoms with E-state index in [-0.39, 0.29) is 24.5 Å². The van der Waals surface area contributed by atoms with E-state index in [0.29, 0.717) is 12.5 Å².